The molecule has 0 aromatic heterocycles. The minimum atomic E-state index is -0.147. The van der Waals surface area contributed by atoms with E-state index in [1.54, 1.807) is 4.90 Å². The highest BCUT2D eigenvalue weighted by molar-refractivity contribution is 5.90. The first-order chi connectivity index (χ1) is 13.0. The van der Waals surface area contributed by atoms with Crippen molar-refractivity contribution in [2.75, 3.05) is 70.2 Å². The van der Waals surface area contributed by atoms with Crippen molar-refractivity contribution in [1.29, 1.82) is 5.26 Å². The second kappa shape index (κ2) is 10.8. The zero-order valence-electron chi connectivity index (χ0n) is 16.7. The number of nitriles is 1. The summed E-state index contributed by atoms with van der Waals surface area (Å²) in [7, 11) is 4.03. The lowest BCUT2D eigenvalue weighted by atomic mass is 10.1. The van der Waals surface area contributed by atoms with Crippen molar-refractivity contribution in [2.24, 2.45) is 0 Å². The van der Waals surface area contributed by atoms with Gasteiger partial charge in [-0.15, -0.1) is 0 Å². The van der Waals surface area contributed by atoms with Gasteiger partial charge in [0.05, 0.1) is 25.7 Å². The zero-order chi connectivity index (χ0) is 19.6. The minimum absolute atomic E-state index is 0.147. The van der Waals surface area contributed by atoms with Crippen molar-refractivity contribution in [3.05, 3.63) is 23.8 Å². The topological polar surface area (TPSA) is 71.8 Å². The van der Waals surface area contributed by atoms with E-state index in [0.29, 0.717) is 19.5 Å². The molecule has 0 atom stereocenters. The predicted molar refractivity (Wildman–Crippen MR) is 108 cm³/mol. The summed E-state index contributed by atoms with van der Waals surface area (Å²) in [6.07, 6.45) is 1.21. The number of amides is 2. The van der Waals surface area contributed by atoms with Gasteiger partial charge >= 0.3 is 6.03 Å². The first kappa shape index (κ1) is 21.0. The van der Waals surface area contributed by atoms with E-state index in [-0.39, 0.29) is 6.03 Å². The normalized spacial score (nSPS) is 14.1. The quantitative estimate of drug-likeness (QED) is 0.758. The van der Waals surface area contributed by atoms with Gasteiger partial charge in [0.1, 0.15) is 0 Å². The van der Waals surface area contributed by atoms with Gasteiger partial charge in [-0.2, -0.15) is 5.26 Å². The van der Waals surface area contributed by atoms with Gasteiger partial charge in [-0.25, -0.2) is 4.79 Å². The Morgan fingerprint density at radius 3 is 2.63 bits per heavy atom. The van der Waals surface area contributed by atoms with E-state index < -0.39 is 0 Å². The number of anilines is 2. The third-order valence-corrected chi connectivity index (χ3v) is 4.64. The molecule has 1 aromatic rings. The number of hydrogen-bond acceptors (Lipinski definition) is 5. The van der Waals surface area contributed by atoms with E-state index in [0.717, 1.165) is 56.2 Å². The highest BCUT2D eigenvalue weighted by atomic mass is 16.5. The lowest BCUT2D eigenvalue weighted by Crippen LogP contribution is -2.37. The van der Waals surface area contributed by atoms with Crippen LogP contribution < -0.4 is 10.2 Å². The standard InChI is InChI=1S/C20H31N5O2/c1-17-16-18(24-12-14-27-15-13-24)6-7-19(17)22-20(26)25(10-4-8-21)11-5-9-23(2)3/h6-7,16H,4-5,9-15H2,1-3H3,(H,22,26). The second-order valence-electron chi connectivity index (χ2n) is 7.08. The van der Waals surface area contributed by atoms with Gasteiger partial charge in [-0.05, 0) is 57.7 Å². The number of aryl methyl sites for hydroxylation is 1. The van der Waals surface area contributed by atoms with Crippen LogP contribution in [0.2, 0.25) is 0 Å². The number of ether oxygens (including phenoxy) is 1. The summed E-state index contributed by atoms with van der Waals surface area (Å²) >= 11 is 0. The van der Waals surface area contributed by atoms with Crippen LogP contribution in [0.25, 0.3) is 0 Å². The van der Waals surface area contributed by atoms with E-state index in [1.807, 2.05) is 33.2 Å². The maximum atomic E-state index is 12.7. The number of hydrogen-bond donors (Lipinski definition) is 1. The number of morpholine rings is 1. The molecule has 7 nitrogen and oxygen atoms in total. The molecule has 2 amide bonds. The summed E-state index contributed by atoms with van der Waals surface area (Å²) in [6, 6.07) is 8.08. The van der Waals surface area contributed by atoms with Crippen LogP contribution in [0.1, 0.15) is 18.4 Å². The van der Waals surface area contributed by atoms with Crippen LogP contribution in [0, 0.1) is 18.3 Å². The monoisotopic (exact) mass is 373 g/mol. The second-order valence-corrected chi connectivity index (χ2v) is 7.08. The largest absolute Gasteiger partial charge is 0.378 e. The lowest BCUT2D eigenvalue weighted by molar-refractivity contribution is 0.122. The van der Waals surface area contributed by atoms with E-state index in [9.17, 15) is 4.79 Å². The van der Waals surface area contributed by atoms with Gasteiger partial charge < -0.3 is 24.8 Å². The maximum Gasteiger partial charge on any atom is 0.321 e. The Balaban J connectivity index is 1.99. The van der Waals surface area contributed by atoms with E-state index in [1.165, 1.54) is 0 Å². The van der Waals surface area contributed by atoms with Crippen LogP contribution in [-0.4, -0.2) is 75.9 Å². The Bertz CT molecular complexity index is 650. The molecule has 1 aliphatic rings. The molecule has 148 valence electrons. The number of nitrogens with zero attached hydrogens (tertiary/aromatic N) is 4. The molecule has 1 saturated heterocycles. The van der Waals surface area contributed by atoms with Gasteiger partial charge in [0.25, 0.3) is 0 Å². The first-order valence-electron chi connectivity index (χ1n) is 9.52. The van der Waals surface area contributed by atoms with Crippen molar-refractivity contribution < 1.29 is 9.53 Å². The fourth-order valence-electron chi connectivity index (χ4n) is 3.08. The molecule has 1 aliphatic heterocycles. The van der Waals surface area contributed by atoms with Crippen molar-refractivity contribution in [1.82, 2.24) is 9.80 Å². The van der Waals surface area contributed by atoms with Crippen LogP contribution in [0.5, 0.6) is 0 Å². The summed E-state index contributed by atoms with van der Waals surface area (Å²) in [4.78, 5) is 18.8. The molecule has 1 aromatic carbocycles. The van der Waals surface area contributed by atoms with Gasteiger partial charge in [-0.3, -0.25) is 0 Å². The molecule has 7 heteroatoms. The van der Waals surface area contributed by atoms with Crippen LogP contribution in [-0.2, 0) is 4.74 Å². The molecule has 0 radical (unpaired) electrons. The first-order valence-corrected chi connectivity index (χ1v) is 9.52. The van der Waals surface area contributed by atoms with Gasteiger partial charge in [0.2, 0.25) is 0 Å². The Morgan fingerprint density at radius 2 is 2.00 bits per heavy atom. The summed E-state index contributed by atoms with van der Waals surface area (Å²) in [6.45, 7) is 7.26. The third kappa shape index (κ3) is 6.74. The highest BCUT2D eigenvalue weighted by Crippen LogP contribution is 2.23. The van der Waals surface area contributed by atoms with E-state index in [2.05, 4.69) is 27.3 Å². The van der Waals surface area contributed by atoms with E-state index >= 15 is 0 Å². The molecular weight excluding hydrogens is 342 g/mol. The molecule has 0 saturated carbocycles. The third-order valence-electron chi connectivity index (χ3n) is 4.64. The molecule has 2 rings (SSSR count). The fraction of sp³-hybridized carbons (Fsp3) is 0.600. The molecule has 0 aliphatic carbocycles. The molecule has 1 heterocycles. The summed E-state index contributed by atoms with van der Waals surface area (Å²) in [5.41, 5.74) is 2.99. The summed E-state index contributed by atoms with van der Waals surface area (Å²) in [5, 5.41) is 11.9. The number of urea groups is 1. The molecule has 0 bridgehead atoms. The zero-order valence-corrected chi connectivity index (χ0v) is 16.7. The summed E-state index contributed by atoms with van der Waals surface area (Å²) < 4.78 is 5.40. The minimum Gasteiger partial charge on any atom is -0.378 e. The van der Waals surface area contributed by atoms with Crippen molar-refractivity contribution in [2.45, 2.75) is 19.8 Å². The van der Waals surface area contributed by atoms with Gasteiger partial charge in [-0.1, -0.05) is 0 Å². The van der Waals surface area contributed by atoms with Crippen LogP contribution in [0.15, 0.2) is 18.2 Å². The molecular formula is C20H31N5O2. The molecule has 0 spiro atoms. The van der Waals surface area contributed by atoms with Crippen molar-refractivity contribution in [3.63, 3.8) is 0 Å². The summed E-state index contributed by atoms with van der Waals surface area (Å²) in [5.74, 6) is 0. The van der Waals surface area contributed by atoms with E-state index in [4.69, 9.17) is 10.00 Å². The average molecular weight is 374 g/mol. The molecule has 0 unspecified atom stereocenters. The lowest BCUT2D eigenvalue weighted by Gasteiger charge is -2.29. The van der Waals surface area contributed by atoms with Crippen LogP contribution in [0.3, 0.4) is 0 Å². The average Bonchev–Trinajstić information content (AvgIpc) is 2.66. The van der Waals surface area contributed by atoms with Crippen molar-refractivity contribution in [3.8, 4) is 6.07 Å². The van der Waals surface area contributed by atoms with Crippen LogP contribution >= 0.6 is 0 Å². The van der Waals surface area contributed by atoms with Gasteiger partial charge in [0, 0.05) is 37.6 Å². The Kier molecular flexibility index (Phi) is 8.37. The Morgan fingerprint density at radius 1 is 1.26 bits per heavy atom. The molecule has 27 heavy (non-hydrogen) atoms. The highest BCUT2D eigenvalue weighted by Gasteiger charge is 2.16. The predicted octanol–water partition coefficient (Wildman–Crippen LogP) is 2.53. The number of benzene rings is 1. The fourth-order valence-corrected chi connectivity index (χ4v) is 3.08. The van der Waals surface area contributed by atoms with Gasteiger partial charge in [0.15, 0.2) is 0 Å². The number of carbonyl (C=O) groups excluding carboxylic acids is 1. The number of nitrogens with one attached hydrogen (secondary N) is 1. The Labute approximate surface area is 162 Å². The molecule has 1 N–H and O–H groups in total. The number of rotatable bonds is 8. The SMILES string of the molecule is Cc1cc(N2CCOCC2)ccc1NC(=O)N(CCC#N)CCCN(C)C. The Hall–Kier alpha value is -2.30. The smallest absolute Gasteiger partial charge is 0.321 e. The van der Waals surface area contributed by atoms with Crippen molar-refractivity contribution >= 4 is 17.4 Å². The number of carbonyl (C=O) groups is 1. The molecule has 1 fully saturated rings. The maximum absolute atomic E-state index is 12.7. The van der Waals surface area contributed by atoms with Crippen LogP contribution in [0.4, 0.5) is 16.2 Å².